The molecule has 1 radical (unpaired) electrons. The van der Waals surface area contributed by atoms with E-state index in [1.165, 1.54) is 0 Å². The molecule has 9 heteroatoms. The van der Waals surface area contributed by atoms with Crippen molar-refractivity contribution in [1.82, 2.24) is 19.9 Å². The Labute approximate surface area is 265 Å². The molecular weight excluding hydrogens is 636 g/mol. The van der Waals surface area contributed by atoms with Crippen LogP contribution >= 0.6 is 0 Å². The molecule has 2 aliphatic rings. The van der Waals surface area contributed by atoms with Crippen LogP contribution in [0.5, 0.6) is 0 Å². The number of aliphatic carboxylic acids is 2. The second-order valence-corrected chi connectivity index (χ2v) is 10.7. The van der Waals surface area contributed by atoms with E-state index in [2.05, 4.69) is 23.1 Å². The zero-order valence-corrected chi connectivity index (χ0v) is 26.1. The van der Waals surface area contributed by atoms with Gasteiger partial charge < -0.3 is 20.2 Å². The number of rotatable bonds is 8. The van der Waals surface area contributed by atoms with Crippen molar-refractivity contribution in [1.29, 1.82) is 0 Å². The number of aromatic amines is 2. The third-order valence-corrected chi connectivity index (χ3v) is 8.22. The molecule has 225 valence electrons. The van der Waals surface area contributed by atoms with Gasteiger partial charge in [-0.15, -0.1) is 0 Å². The first-order valence-corrected chi connectivity index (χ1v) is 13.9. The second-order valence-electron chi connectivity index (χ2n) is 10.7. The summed E-state index contributed by atoms with van der Waals surface area (Å²) in [5.74, 6) is -1.76. The van der Waals surface area contributed by atoms with E-state index >= 15 is 0 Å². The molecule has 0 aliphatic carbocycles. The smallest absolute Gasteiger partial charge is 0.303 e. The molecule has 0 fully saturated rings. The number of allylic oxidation sites excluding steroid dienone is 5. The van der Waals surface area contributed by atoms with Crippen molar-refractivity contribution in [2.45, 2.75) is 53.4 Å². The molecule has 8 bridgehead atoms. The Morgan fingerprint density at radius 3 is 1.91 bits per heavy atom. The summed E-state index contributed by atoms with van der Waals surface area (Å²) in [6, 6.07) is 7.88. The molecule has 0 amide bonds. The van der Waals surface area contributed by atoms with Crippen molar-refractivity contribution in [3.63, 3.8) is 0 Å². The molecular formula is C34H34AgN4O4. The third-order valence-electron chi connectivity index (χ3n) is 8.22. The van der Waals surface area contributed by atoms with Crippen LogP contribution in [0.1, 0.15) is 78.1 Å². The Bertz CT molecular complexity index is 1920. The summed E-state index contributed by atoms with van der Waals surface area (Å²) < 4.78 is 0. The van der Waals surface area contributed by atoms with Crippen molar-refractivity contribution in [2.24, 2.45) is 0 Å². The number of carboxylic acids is 2. The zero-order valence-electron chi connectivity index (χ0n) is 24.6. The third kappa shape index (κ3) is 5.99. The molecule has 2 aliphatic heterocycles. The maximum Gasteiger partial charge on any atom is 0.303 e. The summed E-state index contributed by atoms with van der Waals surface area (Å²) >= 11 is 0. The Balaban J connectivity index is 0.00000423. The minimum absolute atomic E-state index is 0. The van der Waals surface area contributed by atoms with Gasteiger partial charge >= 0.3 is 11.9 Å². The van der Waals surface area contributed by atoms with Crippen molar-refractivity contribution in [3.05, 3.63) is 88.5 Å². The largest absolute Gasteiger partial charge is 0.481 e. The maximum atomic E-state index is 11.5. The van der Waals surface area contributed by atoms with E-state index in [0.717, 1.165) is 83.7 Å². The molecule has 0 atom stereocenters. The van der Waals surface area contributed by atoms with Crippen LogP contribution in [0, 0.1) is 13.8 Å². The molecule has 3 aromatic heterocycles. The molecule has 0 spiro atoms. The van der Waals surface area contributed by atoms with E-state index < -0.39 is 11.9 Å². The molecule has 0 saturated carbocycles. The summed E-state index contributed by atoms with van der Waals surface area (Å²) in [4.78, 5) is 40.0. The number of aryl methyl sites for hydroxylation is 3. The minimum Gasteiger partial charge on any atom is -0.481 e. The Morgan fingerprint density at radius 2 is 1.26 bits per heavy atom. The number of hydrogen-bond acceptors (Lipinski definition) is 4. The monoisotopic (exact) mass is 669 g/mol. The second kappa shape index (κ2) is 12.6. The maximum absolute atomic E-state index is 11.5. The molecule has 5 rings (SSSR count). The molecule has 3 aromatic rings. The molecule has 0 unspecified atom stereocenters. The van der Waals surface area contributed by atoms with E-state index in [1.807, 2.05) is 58.0 Å². The van der Waals surface area contributed by atoms with E-state index in [1.54, 1.807) is 6.08 Å². The SMILES string of the molecule is C=CC1=C(C)c2cc3[nH]c(cc4nc(cc5[nH]c(cc1n2)c(C)c5CCC(=O)O)C(CCC(=O)O)=C4C)c(C)c3C=C.[Ag]. The first kappa shape index (κ1) is 31.7. The number of H-pyrrole nitrogens is 2. The molecule has 43 heavy (non-hydrogen) atoms. The summed E-state index contributed by atoms with van der Waals surface area (Å²) in [6.45, 7) is 16.0. The molecule has 0 saturated heterocycles. The van der Waals surface area contributed by atoms with Crippen molar-refractivity contribution in [3.8, 4) is 0 Å². The molecule has 5 heterocycles. The fraction of sp³-hybridized carbons (Fsp3) is 0.235. The summed E-state index contributed by atoms with van der Waals surface area (Å²) in [7, 11) is 0. The zero-order chi connectivity index (χ0) is 30.3. The average Bonchev–Trinajstić information content (AvgIpc) is 3.59. The van der Waals surface area contributed by atoms with Crippen LogP contribution in [0.15, 0.2) is 43.5 Å². The van der Waals surface area contributed by atoms with Gasteiger partial charge in [-0.05, 0) is 98.2 Å². The fourth-order valence-corrected chi connectivity index (χ4v) is 5.77. The van der Waals surface area contributed by atoms with Crippen molar-refractivity contribution < 1.29 is 42.2 Å². The van der Waals surface area contributed by atoms with E-state index in [-0.39, 0.29) is 35.2 Å². The number of hydrogen-bond donors (Lipinski definition) is 4. The number of aromatic nitrogens is 4. The average molecular weight is 671 g/mol. The summed E-state index contributed by atoms with van der Waals surface area (Å²) in [5, 5.41) is 18.9. The number of nitrogens with zero attached hydrogens (tertiary/aromatic N) is 2. The van der Waals surface area contributed by atoms with Crippen LogP contribution in [0.4, 0.5) is 0 Å². The van der Waals surface area contributed by atoms with Gasteiger partial charge in [-0.3, -0.25) is 9.59 Å². The number of fused-ring (bicyclic) bond motifs is 8. The van der Waals surface area contributed by atoms with Gasteiger partial charge in [0, 0.05) is 68.4 Å². The fourth-order valence-electron chi connectivity index (χ4n) is 5.77. The van der Waals surface area contributed by atoms with Gasteiger partial charge in [0.1, 0.15) is 0 Å². The van der Waals surface area contributed by atoms with Gasteiger partial charge in [0.15, 0.2) is 0 Å². The Morgan fingerprint density at radius 1 is 0.721 bits per heavy atom. The van der Waals surface area contributed by atoms with Crippen LogP contribution < -0.4 is 0 Å². The predicted molar refractivity (Wildman–Crippen MR) is 169 cm³/mol. The van der Waals surface area contributed by atoms with Crippen LogP contribution in [-0.4, -0.2) is 42.1 Å². The predicted octanol–water partition coefficient (Wildman–Crippen LogP) is 7.50. The van der Waals surface area contributed by atoms with Gasteiger partial charge in [0.2, 0.25) is 0 Å². The van der Waals surface area contributed by atoms with E-state index in [4.69, 9.17) is 9.97 Å². The Kier molecular flexibility index (Phi) is 9.25. The van der Waals surface area contributed by atoms with Crippen molar-refractivity contribution >= 4 is 62.4 Å². The van der Waals surface area contributed by atoms with Gasteiger partial charge in [-0.2, -0.15) is 0 Å². The van der Waals surface area contributed by atoms with Crippen LogP contribution in [0.25, 0.3) is 50.4 Å². The van der Waals surface area contributed by atoms with Crippen LogP contribution in [-0.2, 0) is 38.4 Å². The number of carbonyl (C=O) groups is 2. The topological polar surface area (TPSA) is 132 Å². The van der Waals surface area contributed by atoms with Crippen LogP contribution in [0.3, 0.4) is 0 Å². The quantitative estimate of drug-likeness (QED) is 0.184. The van der Waals surface area contributed by atoms with E-state index in [0.29, 0.717) is 18.5 Å². The molecule has 0 aromatic carbocycles. The van der Waals surface area contributed by atoms with Gasteiger partial charge in [0.05, 0.1) is 22.8 Å². The summed E-state index contributed by atoms with van der Waals surface area (Å²) in [6.07, 6.45) is 4.22. The van der Waals surface area contributed by atoms with Crippen molar-refractivity contribution in [2.75, 3.05) is 0 Å². The standard InChI is InChI=1S/C34H34N4O4.Ag/c1-7-21-17(3)25-13-26-19(5)23(9-11-33(39)40)31(37-26)16-32-24(10-12-34(41)42)20(6)28(38-32)15-30-22(8-2)18(4)27(36-30)14-29(21)35-25;/h7-8,13-16,35,38H,1-2,9-12H2,3-6H3,(H,39,40)(H,41,42);. The van der Waals surface area contributed by atoms with E-state index in [9.17, 15) is 19.8 Å². The molecule has 4 N–H and O–H groups in total. The Hall–Kier alpha value is -4.24. The van der Waals surface area contributed by atoms with Gasteiger partial charge in [-0.25, -0.2) is 9.97 Å². The number of carboxylic acid groups (broad SMARTS) is 2. The van der Waals surface area contributed by atoms with Crippen LogP contribution in [0.2, 0.25) is 0 Å². The minimum atomic E-state index is -0.883. The van der Waals surface area contributed by atoms with Gasteiger partial charge in [0.25, 0.3) is 0 Å². The first-order valence-electron chi connectivity index (χ1n) is 13.9. The number of nitrogens with one attached hydrogen (secondary N) is 2. The first-order chi connectivity index (χ1) is 20.0. The van der Waals surface area contributed by atoms with Gasteiger partial charge in [-0.1, -0.05) is 25.3 Å². The molecule has 8 nitrogen and oxygen atoms in total. The normalized spacial score (nSPS) is 12.7. The summed E-state index contributed by atoms with van der Waals surface area (Å²) in [5.41, 5.74) is 13.7.